The Bertz CT molecular complexity index is 1720. The van der Waals surface area contributed by atoms with Crippen LogP contribution >= 0.6 is 11.6 Å². The number of nitrogens with zero attached hydrogens (tertiary/aromatic N) is 1. The largest absolute Gasteiger partial charge is 0.497 e. The van der Waals surface area contributed by atoms with Crippen molar-refractivity contribution in [3.05, 3.63) is 118 Å². The fourth-order valence-corrected chi connectivity index (χ4v) is 4.62. The lowest BCUT2D eigenvalue weighted by molar-refractivity contribution is -0.120. The normalized spacial score (nSPS) is 12.8. The topological polar surface area (TPSA) is 106 Å². The average Bonchev–Trinajstić information content (AvgIpc) is 3.24. The number of halogens is 1. The van der Waals surface area contributed by atoms with E-state index in [-0.39, 0.29) is 28.1 Å². The van der Waals surface area contributed by atoms with Gasteiger partial charge in [-0.2, -0.15) is 0 Å². The van der Waals surface area contributed by atoms with Crippen molar-refractivity contribution in [3.8, 4) is 17.2 Å². The Morgan fingerprint density at radius 3 is 2.26 bits per heavy atom. The van der Waals surface area contributed by atoms with Crippen molar-refractivity contribution in [1.82, 2.24) is 0 Å². The molecule has 0 aliphatic carbocycles. The number of amides is 3. The van der Waals surface area contributed by atoms with E-state index in [9.17, 15) is 14.4 Å². The van der Waals surface area contributed by atoms with Gasteiger partial charge in [0.15, 0.2) is 0 Å². The molecule has 9 nitrogen and oxygen atoms in total. The molecule has 0 atom stereocenters. The highest BCUT2D eigenvalue weighted by molar-refractivity contribution is 6.53. The number of carbonyl (C=O) groups excluding carboxylic acids is 3. The number of carbonyl (C=O) groups is 3. The van der Waals surface area contributed by atoms with Gasteiger partial charge in [-0.25, -0.2) is 4.90 Å². The Kier molecular flexibility index (Phi) is 8.64. The highest BCUT2D eigenvalue weighted by Crippen LogP contribution is 2.38. The summed E-state index contributed by atoms with van der Waals surface area (Å²) in [5.41, 5.74) is 3.24. The van der Waals surface area contributed by atoms with Crippen LogP contribution in [0.25, 0.3) is 0 Å². The molecule has 2 N–H and O–H groups in total. The summed E-state index contributed by atoms with van der Waals surface area (Å²) >= 11 is 6.35. The van der Waals surface area contributed by atoms with E-state index in [1.807, 2.05) is 30.3 Å². The van der Waals surface area contributed by atoms with Gasteiger partial charge in [-0.1, -0.05) is 48.0 Å². The van der Waals surface area contributed by atoms with Crippen LogP contribution in [0.5, 0.6) is 17.2 Å². The number of imide groups is 1. The van der Waals surface area contributed by atoms with Crippen LogP contribution < -0.4 is 29.7 Å². The van der Waals surface area contributed by atoms with Crippen molar-refractivity contribution >= 4 is 46.4 Å². The summed E-state index contributed by atoms with van der Waals surface area (Å²) in [7, 11) is 2.92. The predicted octanol–water partition coefficient (Wildman–Crippen LogP) is 6.28. The Morgan fingerprint density at radius 2 is 1.56 bits per heavy atom. The van der Waals surface area contributed by atoms with E-state index in [2.05, 4.69) is 10.6 Å². The third-order valence-corrected chi connectivity index (χ3v) is 7.13. The van der Waals surface area contributed by atoms with Crippen LogP contribution in [0.3, 0.4) is 0 Å². The Balaban J connectivity index is 1.28. The maximum Gasteiger partial charge on any atom is 0.283 e. The Labute approximate surface area is 253 Å². The molecule has 10 heteroatoms. The number of hydrogen-bond donors (Lipinski definition) is 2. The number of ether oxygens (including phenoxy) is 3. The van der Waals surface area contributed by atoms with Crippen LogP contribution in [0.1, 0.15) is 21.5 Å². The van der Waals surface area contributed by atoms with Crippen LogP contribution in [0.15, 0.2) is 102 Å². The maximum absolute atomic E-state index is 13.4. The fraction of sp³-hybridized carbons (Fsp3) is 0.121. The third-order valence-electron chi connectivity index (χ3n) is 6.78. The first-order valence-corrected chi connectivity index (χ1v) is 13.6. The van der Waals surface area contributed by atoms with E-state index in [1.165, 1.54) is 14.2 Å². The first kappa shape index (κ1) is 29.2. The van der Waals surface area contributed by atoms with Gasteiger partial charge >= 0.3 is 0 Å². The molecule has 0 unspecified atom stereocenters. The van der Waals surface area contributed by atoms with Gasteiger partial charge in [0, 0.05) is 23.0 Å². The molecule has 43 heavy (non-hydrogen) atoms. The molecule has 5 rings (SSSR count). The van der Waals surface area contributed by atoms with Gasteiger partial charge in [0.1, 0.15) is 34.6 Å². The van der Waals surface area contributed by atoms with E-state index in [0.717, 1.165) is 16.0 Å². The van der Waals surface area contributed by atoms with Crippen LogP contribution in [0.4, 0.5) is 17.1 Å². The zero-order chi connectivity index (χ0) is 30.5. The summed E-state index contributed by atoms with van der Waals surface area (Å²) in [6.45, 7) is 2.24. The van der Waals surface area contributed by atoms with E-state index < -0.39 is 11.8 Å². The number of hydrogen-bond acceptors (Lipinski definition) is 7. The summed E-state index contributed by atoms with van der Waals surface area (Å²) in [5, 5.41) is 5.54. The molecule has 1 heterocycles. The van der Waals surface area contributed by atoms with Gasteiger partial charge in [0.05, 0.1) is 19.9 Å². The van der Waals surface area contributed by atoms with Crippen LogP contribution in [-0.2, 0) is 16.2 Å². The molecule has 0 radical (unpaired) electrons. The average molecular weight is 598 g/mol. The van der Waals surface area contributed by atoms with E-state index in [4.69, 9.17) is 25.8 Å². The molecule has 0 saturated carbocycles. The lowest BCUT2D eigenvalue weighted by Crippen LogP contribution is -2.32. The van der Waals surface area contributed by atoms with Crippen molar-refractivity contribution in [3.63, 3.8) is 0 Å². The minimum absolute atomic E-state index is 0.115. The molecule has 4 aromatic carbocycles. The molecule has 218 valence electrons. The molecular formula is C33H28ClN3O6. The smallest absolute Gasteiger partial charge is 0.283 e. The van der Waals surface area contributed by atoms with Gasteiger partial charge < -0.3 is 24.8 Å². The fourth-order valence-electron chi connectivity index (χ4n) is 4.41. The zero-order valence-electron chi connectivity index (χ0n) is 23.6. The number of methoxy groups -OCH3 is 2. The van der Waals surface area contributed by atoms with Crippen LogP contribution in [-0.4, -0.2) is 31.9 Å². The molecule has 3 amide bonds. The molecular weight excluding hydrogens is 570 g/mol. The van der Waals surface area contributed by atoms with E-state index in [0.29, 0.717) is 35.0 Å². The van der Waals surface area contributed by atoms with Gasteiger partial charge in [-0.05, 0) is 66.6 Å². The summed E-state index contributed by atoms with van der Waals surface area (Å²) < 4.78 is 16.4. The van der Waals surface area contributed by atoms with Crippen molar-refractivity contribution in [2.24, 2.45) is 0 Å². The SMILES string of the molecule is COc1ccc(N2C(=O)C(Cl)=C(Nc3cc(C(=O)Nc4ccc(OCc5ccccc5)cc4)ccc3C)C2=O)c(OC)c1. The molecule has 0 saturated heterocycles. The monoisotopic (exact) mass is 597 g/mol. The first-order valence-electron chi connectivity index (χ1n) is 13.3. The number of rotatable bonds is 10. The lowest BCUT2D eigenvalue weighted by Gasteiger charge is -2.19. The van der Waals surface area contributed by atoms with Crippen molar-refractivity contribution in [2.45, 2.75) is 13.5 Å². The number of aryl methyl sites for hydroxylation is 1. The standard InChI is InChI=1S/C33H28ClN3O6/c1-20-9-10-22(31(38)35-23-11-13-24(14-12-23)43-19-21-7-5-4-6-8-21)17-26(20)36-30-29(34)32(39)37(33(30)40)27-16-15-25(41-2)18-28(27)42-3/h4-18,36H,19H2,1-3H3,(H,35,38). The summed E-state index contributed by atoms with van der Waals surface area (Å²) in [4.78, 5) is 40.5. The Hall–Kier alpha value is -5.28. The highest BCUT2D eigenvalue weighted by atomic mass is 35.5. The molecule has 1 aliphatic heterocycles. The molecule has 0 spiro atoms. The number of anilines is 3. The van der Waals surface area contributed by atoms with Crippen LogP contribution in [0.2, 0.25) is 0 Å². The summed E-state index contributed by atoms with van der Waals surface area (Å²) in [5.74, 6) is -0.305. The van der Waals surface area contributed by atoms with Gasteiger partial charge in [-0.3, -0.25) is 14.4 Å². The van der Waals surface area contributed by atoms with E-state index in [1.54, 1.807) is 67.6 Å². The minimum atomic E-state index is -0.708. The Morgan fingerprint density at radius 1 is 0.837 bits per heavy atom. The third kappa shape index (κ3) is 6.32. The quantitative estimate of drug-likeness (QED) is 0.207. The predicted molar refractivity (Wildman–Crippen MR) is 165 cm³/mol. The maximum atomic E-state index is 13.4. The lowest BCUT2D eigenvalue weighted by atomic mass is 10.1. The van der Waals surface area contributed by atoms with Gasteiger partial charge in [0.25, 0.3) is 17.7 Å². The van der Waals surface area contributed by atoms with Crippen molar-refractivity contribution < 1.29 is 28.6 Å². The number of benzene rings is 4. The molecule has 1 aliphatic rings. The minimum Gasteiger partial charge on any atom is -0.497 e. The second-order valence-corrected chi connectivity index (χ2v) is 9.96. The summed E-state index contributed by atoms with van der Waals surface area (Å²) in [6, 6.07) is 26.6. The van der Waals surface area contributed by atoms with Crippen molar-refractivity contribution in [1.29, 1.82) is 0 Å². The van der Waals surface area contributed by atoms with Gasteiger partial charge in [0.2, 0.25) is 0 Å². The second-order valence-electron chi connectivity index (χ2n) is 9.58. The van der Waals surface area contributed by atoms with Crippen LogP contribution in [0, 0.1) is 6.92 Å². The van der Waals surface area contributed by atoms with Gasteiger partial charge in [-0.15, -0.1) is 0 Å². The van der Waals surface area contributed by atoms with Crippen molar-refractivity contribution in [2.75, 3.05) is 29.8 Å². The second kappa shape index (κ2) is 12.7. The van der Waals surface area contributed by atoms with E-state index >= 15 is 0 Å². The molecule has 0 aromatic heterocycles. The summed E-state index contributed by atoms with van der Waals surface area (Å²) in [6.07, 6.45) is 0. The molecule has 0 fully saturated rings. The molecule has 4 aromatic rings. The first-order chi connectivity index (χ1) is 20.8. The highest BCUT2D eigenvalue weighted by Gasteiger charge is 2.40. The molecule has 0 bridgehead atoms. The zero-order valence-corrected chi connectivity index (χ0v) is 24.4. The number of nitrogens with one attached hydrogen (secondary N) is 2.